The maximum Gasteiger partial charge on any atom is 0.277 e. The van der Waals surface area contributed by atoms with Crippen molar-refractivity contribution in [3.8, 4) is 17.2 Å². The number of carbonyl (C=O) groups excluding carboxylic acids is 1. The predicted octanol–water partition coefficient (Wildman–Crippen LogP) is 4.87. The predicted molar refractivity (Wildman–Crippen MR) is 111 cm³/mol. The average Bonchev–Trinajstić information content (AvgIpc) is 3.13. The van der Waals surface area contributed by atoms with Crippen molar-refractivity contribution in [2.75, 3.05) is 11.9 Å². The number of rotatable bonds is 7. The molecule has 0 radical (unpaired) electrons. The highest BCUT2D eigenvalue weighted by molar-refractivity contribution is 8.00. The second-order valence-corrected chi connectivity index (χ2v) is 7.66. The molecule has 7 heteroatoms. The standard InChI is InChI=1S/C21H23N3O3S/c1-5-26-18-9-7-6-8-16(18)20-23-24-21(27-20)28-15(4)19(25)22-17-12-13(2)10-11-14(17)3/h6-12,15H,5H2,1-4H3,(H,22,25). The Bertz CT molecular complexity index is 971. The van der Waals surface area contributed by atoms with Crippen LogP contribution < -0.4 is 10.1 Å². The Balaban J connectivity index is 1.69. The quantitative estimate of drug-likeness (QED) is 0.573. The van der Waals surface area contributed by atoms with Crippen molar-refractivity contribution in [1.29, 1.82) is 0 Å². The van der Waals surface area contributed by atoms with Crippen molar-refractivity contribution in [2.45, 2.75) is 38.2 Å². The fraction of sp³-hybridized carbons (Fsp3) is 0.286. The van der Waals surface area contributed by atoms with Crippen molar-refractivity contribution < 1.29 is 13.9 Å². The topological polar surface area (TPSA) is 77.2 Å². The summed E-state index contributed by atoms with van der Waals surface area (Å²) in [6, 6.07) is 13.5. The largest absolute Gasteiger partial charge is 0.493 e. The first-order valence-corrected chi connectivity index (χ1v) is 9.96. The van der Waals surface area contributed by atoms with Gasteiger partial charge >= 0.3 is 0 Å². The molecule has 0 spiro atoms. The van der Waals surface area contributed by atoms with Gasteiger partial charge in [-0.3, -0.25) is 4.79 Å². The number of carbonyl (C=O) groups is 1. The van der Waals surface area contributed by atoms with Crippen molar-refractivity contribution in [3.63, 3.8) is 0 Å². The van der Waals surface area contributed by atoms with E-state index in [0.29, 0.717) is 23.5 Å². The van der Waals surface area contributed by atoms with Crippen molar-refractivity contribution in [2.24, 2.45) is 0 Å². The van der Waals surface area contributed by atoms with E-state index in [-0.39, 0.29) is 5.91 Å². The molecule has 1 aromatic heterocycles. The Morgan fingerprint density at radius 3 is 2.79 bits per heavy atom. The van der Waals surface area contributed by atoms with E-state index in [4.69, 9.17) is 9.15 Å². The van der Waals surface area contributed by atoms with Gasteiger partial charge in [0.25, 0.3) is 11.1 Å². The first kappa shape index (κ1) is 19.9. The molecular weight excluding hydrogens is 374 g/mol. The lowest BCUT2D eigenvalue weighted by Crippen LogP contribution is -2.22. The maximum absolute atomic E-state index is 12.6. The van der Waals surface area contributed by atoms with Gasteiger partial charge in [0.2, 0.25) is 5.91 Å². The molecule has 0 saturated carbocycles. The van der Waals surface area contributed by atoms with E-state index >= 15 is 0 Å². The molecule has 0 aliphatic carbocycles. The third kappa shape index (κ3) is 4.72. The van der Waals surface area contributed by atoms with Gasteiger partial charge in [-0.05, 0) is 57.0 Å². The zero-order chi connectivity index (χ0) is 20.1. The second-order valence-electron chi connectivity index (χ2n) is 6.37. The summed E-state index contributed by atoms with van der Waals surface area (Å²) in [6.07, 6.45) is 0. The van der Waals surface area contributed by atoms with Crippen LogP contribution in [0, 0.1) is 13.8 Å². The highest BCUT2D eigenvalue weighted by atomic mass is 32.2. The number of hydrogen-bond donors (Lipinski definition) is 1. The number of para-hydroxylation sites is 1. The van der Waals surface area contributed by atoms with E-state index in [0.717, 1.165) is 22.4 Å². The molecule has 0 saturated heterocycles. The summed E-state index contributed by atoms with van der Waals surface area (Å²) in [6.45, 7) is 8.23. The molecular formula is C21H23N3O3S. The molecule has 1 heterocycles. The molecule has 0 fully saturated rings. The fourth-order valence-corrected chi connectivity index (χ4v) is 3.28. The summed E-state index contributed by atoms with van der Waals surface area (Å²) in [4.78, 5) is 12.6. The number of nitrogens with one attached hydrogen (secondary N) is 1. The normalized spacial score (nSPS) is 11.9. The second kappa shape index (κ2) is 8.93. The van der Waals surface area contributed by atoms with Crippen molar-refractivity contribution >= 4 is 23.4 Å². The summed E-state index contributed by atoms with van der Waals surface area (Å²) in [5, 5.41) is 11.1. The number of hydrogen-bond acceptors (Lipinski definition) is 6. The van der Waals surface area contributed by atoms with Gasteiger partial charge in [-0.1, -0.05) is 36.0 Å². The summed E-state index contributed by atoms with van der Waals surface area (Å²) < 4.78 is 11.4. The van der Waals surface area contributed by atoms with Gasteiger partial charge in [-0.25, -0.2) is 0 Å². The van der Waals surface area contributed by atoms with Gasteiger partial charge in [0.1, 0.15) is 5.75 Å². The van der Waals surface area contributed by atoms with Gasteiger partial charge in [0, 0.05) is 5.69 Å². The van der Waals surface area contributed by atoms with Gasteiger partial charge in [0.05, 0.1) is 17.4 Å². The number of ether oxygens (including phenoxy) is 1. The van der Waals surface area contributed by atoms with Crippen LogP contribution in [0.1, 0.15) is 25.0 Å². The molecule has 1 atom stereocenters. The Morgan fingerprint density at radius 2 is 2.00 bits per heavy atom. The lowest BCUT2D eigenvalue weighted by Gasteiger charge is -2.12. The van der Waals surface area contributed by atoms with E-state index in [1.165, 1.54) is 11.8 Å². The minimum absolute atomic E-state index is 0.117. The Morgan fingerprint density at radius 1 is 1.21 bits per heavy atom. The van der Waals surface area contributed by atoms with E-state index in [2.05, 4.69) is 15.5 Å². The van der Waals surface area contributed by atoms with Gasteiger partial charge in [0.15, 0.2) is 0 Å². The Labute approximate surface area is 168 Å². The number of nitrogens with zero attached hydrogens (tertiary/aromatic N) is 2. The highest BCUT2D eigenvalue weighted by Gasteiger charge is 2.20. The van der Waals surface area contributed by atoms with Gasteiger partial charge in [-0.15, -0.1) is 10.2 Å². The maximum atomic E-state index is 12.6. The van der Waals surface area contributed by atoms with Crippen LogP contribution in [0.5, 0.6) is 5.75 Å². The van der Waals surface area contributed by atoms with Crippen LogP contribution >= 0.6 is 11.8 Å². The third-order valence-electron chi connectivity index (χ3n) is 4.12. The van der Waals surface area contributed by atoms with Crippen LogP contribution in [0.2, 0.25) is 0 Å². The zero-order valence-electron chi connectivity index (χ0n) is 16.4. The summed E-state index contributed by atoms with van der Waals surface area (Å²) in [7, 11) is 0. The van der Waals surface area contributed by atoms with Crippen LogP contribution in [-0.4, -0.2) is 28.0 Å². The SMILES string of the molecule is CCOc1ccccc1-c1nnc(SC(C)C(=O)Nc2cc(C)ccc2C)o1. The molecule has 0 bridgehead atoms. The first-order chi connectivity index (χ1) is 13.5. The number of anilines is 1. The van der Waals surface area contributed by atoms with Gasteiger partial charge in [-0.2, -0.15) is 0 Å². The van der Waals surface area contributed by atoms with Crippen LogP contribution in [0.15, 0.2) is 52.1 Å². The lowest BCUT2D eigenvalue weighted by atomic mass is 10.1. The van der Waals surface area contributed by atoms with Gasteiger partial charge < -0.3 is 14.5 Å². The van der Waals surface area contributed by atoms with Crippen molar-refractivity contribution in [1.82, 2.24) is 10.2 Å². The van der Waals surface area contributed by atoms with Crippen LogP contribution in [-0.2, 0) is 4.79 Å². The molecule has 1 unspecified atom stereocenters. The summed E-state index contributed by atoms with van der Waals surface area (Å²) in [5.41, 5.74) is 3.66. The molecule has 3 aromatic rings. The van der Waals surface area contributed by atoms with E-state index in [1.807, 2.05) is 70.2 Å². The molecule has 6 nitrogen and oxygen atoms in total. The molecule has 0 aliphatic rings. The Kier molecular flexibility index (Phi) is 6.36. The average molecular weight is 398 g/mol. The minimum atomic E-state index is -0.393. The molecule has 1 amide bonds. The number of amides is 1. The molecule has 1 N–H and O–H groups in total. The number of aromatic nitrogens is 2. The Hall–Kier alpha value is -2.80. The van der Waals surface area contributed by atoms with Crippen LogP contribution in [0.3, 0.4) is 0 Å². The first-order valence-electron chi connectivity index (χ1n) is 9.08. The van der Waals surface area contributed by atoms with E-state index in [1.54, 1.807) is 0 Å². The molecule has 28 heavy (non-hydrogen) atoms. The summed E-state index contributed by atoms with van der Waals surface area (Å²) >= 11 is 1.22. The number of aryl methyl sites for hydroxylation is 2. The van der Waals surface area contributed by atoms with Crippen molar-refractivity contribution in [3.05, 3.63) is 53.6 Å². The summed E-state index contributed by atoms with van der Waals surface area (Å²) in [5.74, 6) is 0.938. The van der Waals surface area contributed by atoms with E-state index < -0.39 is 5.25 Å². The van der Waals surface area contributed by atoms with Crippen LogP contribution in [0.25, 0.3) is 11.5 Å². The molecule has 0 aliphatic heterocycles. The fourth-order valence-electron chi connectivity index (χ4n) is 2.60. The van der Waals surface area contributed by atoms with E-state index in [9.17, 15) is 4.79 Å². The molecule has 2 aromatic carbocycles. The number of thioether (sulfide) groups is 1. The third-order valence-corrected chi connectivity index (χ3v) is 5.06. The molecule has 146 valence electrons. The van der Waals surface area contributed by atoms with Crippen LogP contribution in [0.4, 0.5) is 5.69 Å². The monoisotopic (exact) mass is 397 g/mol. The smallest absolute Gasteiger partial charge is 0.277 e. The number of benzene rings is 2. The minimum Gasteiger partial charge on any atom is -0.493 e. The lowest BCUT2D eigenvalue weighted by molar-refractivity contribution is -0.115. The highest BCUT2D eigenvalue weighted by Crippen LogP contribution is 2.32. The molecule has 3 rings (SSSR count). The zero-order valence-corrected chi connectivity index (χ0v) is 17.2.